The molecule has 0 spiro atoms. The number of rotatable bonds is 4. The molecule has 1 aromatic heterocycles. The number of aliphatic hydroxyl groups is 1. The van der Waals surface area contributed by atoms with Gasteiger partial charge in [-0.25, -0.2) is 5.43 Å². The third kappa shape index (κ3) is 3.26. The monoisotopic (exact) mass is 299 g/mol. The number of hydrogen-bond acceptors (Lipinski definition) is 3. The van der Waals surface area contributed by atoms with Crippen LogP contribution in [0.1, 0.15) is 28.1 Å². The fourth-order valence-corrected chi connectivity index (χ4v) is 2.55. The zero-order chi connectivity index (χ0) is 16.3. The average Bonchev–Trinajstić information content (AvgIpc) is 2.74. The predicted molar refractivity (Wildman–Crippen MR) is 87.5 cm³/mol. The predicted octanol–water partition coefficient (Wildman–Crippen LogP) is 2.15. The van der Waals surface area contributed by atoms with Crippen molar-refractivity contribution in [2.75, 3.05) is 6.61 Å². The van der Waals surface area contributed by atoms with Crippen molar-refractivity contribution in [2.24, 2.45) is 5.10 Å². The Morgan fingerprint density at radius 2 is 2.00 bits per heavy atom. The SMILES string of the molecule is Cc1ccc(-n2c(C)cc(/C=N/NC(=O)CO)c2C)c(C)c1. The van der Waals surface area contributed by atoms with Crippen LogP contribution in [-0.4, -0.2) is 28.4 Å². The van der Waals surface area contributed by atoms with Gasteiger partial charge in [-0.1, -0.05) is 17.7 Å². The molecule has 1 aromatic carbocycles. The molecule has 0 radical (unpaired) electrons. The molecule has 2 rings (SSSR count). The number of hydrazone groups is 1. The van der Waals surface area contributed by atoms with Crippen molar-refractivity contribution in [1.82, 2.24) is 9.99 Å². The van der Waals surface area contributed by atoms with E-state index in [9.17, 15) is 4.79 Å². The Balaban J connectivity index is 2.37. The molecule has 0 aliphatic heterocycles. The lowest BCUT2D eigenvalue weighted by molar-refractivity contribution is -0.123. The molecule has 22 heavy (non-hydrogen) atoms. The molecule has 1 heterocycles. The molecule has 0 atom stereocenters. The molecular weight excluding hydrogens is 278 g/mol. The van der Waals surface area contributed by atoms with Gasteiger partial charge in [-0.3, -0.25) is 4.79 Å². The van der Waals surface area contributed by atoms with Gasteiger partial charge in [-0.05, 0) is 45.4 Å². The lowest BCUT2D eigenvalue weighted by Crippen LogP contribution is -2.20. The molecule has 2 aromatic rings. The smallest absolute Gasteiger partial charge is 0.265 e. The van der Waals surface area contributed by atoms with E-state index in [2.05, 4.69) is 47.1 Å². The highest BCUT2D eigenvalue weighted by molar-refractivity contribution is 5.84. The third-order valence-electron chi connectivity index (χ3n) is 3.60. The number of carbonyl (C=O) groups is 1. The highest BCUT2D eigenvalue weighted by atomic mass is 16.3. The van der Waals surface area contributed by atoms with Crippen LogP contribution < -0.4 is 5.43 Å². The molecule has 0 aliphatic carbocycles. The van der Waals surface area contributed by atoms with Crippen LogP contribution in [0.2, 0.25) is 0 Å². The number of aromatic nitrogens is 1. The second kappa shape index (κ2) is 6.58. The topological polar surface area (TPSA) is 66.6 Å². The van der Waals surface area contributed by atoms with Crippen molar-refractivity contribution in [3.63, 3.8) is 0 Å². The fraction of sp³-hybridized carbons (Fsp3) is 0.294. The van der Waals surface area contributed by atoms with Crippen molar-refractivity contribution < 1.29 is 9.90 Å². The molecule has 0 bridgehead atoms. The Morgan fingerprint density at radius 3 is 2.64 bits per heavy atom. The van der Waals surface area contributed by atoms with Crippen LogP contribution in [0.15, 0.2) is 29.4 Å². The number of nitrogens with zero attached hydrogens (tertiary/aromatic N) is 2. The number of benzene rings is 1. The molecule has 0 saturated carbocycles. The molecule has 5 nitrogen and oxygen atoms in total. The van der Waals surface area contributed by atoms with E-state index in [1.807, 2.05) is 19.9 Å². The maximum Gasteiger partial charge on any atom is 0.265 e. The van der Waals surface area contributed by atoms with Gasteiger partial charge in [0.05, 0.1) is 6.21 Å². The summed E-state index contributed by atoms with van der Waals surface area (Å²) in [5.41, 5.74) is 8.92. The second-order valence-electron chi connectivity index (χ2n) is 5.40. The first-order chi connectivity index (χ1) is 10.4. The van der Waals surface area contributed by atoms with Crippen LogP contribution >= 0.6 is 0 Å². The highest BCUT2D eigenvalue weighted by Gasteiger charge is 2.11. The quantitative estimate of drug-likeness (QED) is 0.671. The Bertz CT molecular complexity index is 730. The van der Waals surface area contributed by atoms with Gasteiger partial charge in [-0.2, -0.15) is 5.10 Å². The summed E-state index contributed by atoms with van der Waals surface area (Å²) in [5.74, 6) is -0.528. The number of hydrogen-bond donors (Lipinski definition) is 2. The van der Waals surface area contributed by atoms with Crippen molar-refractivity contribution in [1.29, 1.82) is 0 Å². The zero-order valence-electron chi connectivity index (χ0n) is 13.3. The summed E-state index contributed by atoms with van der Waals surface area (Å²) in [7, 11) is 0. The molecule has 0 aliphatic rings. The van der Waals surface area contributed by atoms with E-state index in [4.69, 9.17) is 5.11 Å². The van der Waals surface area contributed by atoms with Crippen molar-refractivity contribution >= 4 is 12.1 Å². The van der Waals surface area contributed by atoms with Crippen molar-refractivity contribution in [3.8, 4) is 5.69 Å². The molecule has 0 fully saturated rings. The van der Waals surface area contributed by atoms with Gasteiger partial charge in [-0.15, -0.1) is 0 Å². The zero-order valence-corrected chi connectivity index (χ0v) is 13.3. The first-order valence-electron chi connectivity index (χ1n) is 7.13. The van der Waals surface area contributed by atoms with E-state index in [0.29, 0.717) is 0 Å². The minimum absolute atomic E-state index is 0.528. The third-order valence-corrected chi connectivity index (χ3v) is 3.60. The van der Waals surface area contributed by atoms with E-state index in [-0.39, 0.29) is 0 Å². The van der Waals surface area contributed by atoms with Gasteiger partial charge in [0.25, 0.3) is 5.91 Å². The lowest BCUT2D eigenvalue weighted by atomic mass is 10.1. The number of amides is 1. The van der Waals surface area contributed by atoms with E-state index in [0.717, 1.165) is 22.6 Å². The van der Waals surface area contributed by atoms with Gasteiger partial charge >= 0.3 is 0 Å². The van der Waals surface area contributed by atoms with Crippen LogP contribution in [0.25, 0.3) is 5.69 Å². The normalized spacial score (nSPS) is 11.1. The van der Waals surface area contributed by atoms with Crippen LogP contribution in [0, 0.1) is 27.7 Å². The highest BCUT2D eigenvalue weighted by Crippen LogP contribution is 2.23. The molecule has 0 unspecified atom stereocenters. The summed E-state index contributed by atoms with van der Waals surface area (Å²) in [6.07, 6.45) is 1.59. The second-order valence-corrected chi connectivity index (χ2v) is 5.40. The van der Waals surface area contributed by atoms with Gasteiger partial charge in [0.1, 0.15) is 6.61 Å². The molecule has 0 saturated heterocycles. The van der Waals surface area contributed by atoms with Gasteiger partial charge in [0.15, 0.2) is 0 Å². The number of carbonyl (C=O) groups excluding carboxylic acids is 1. The van der Waals surface area contributed by atoms with E-state index < -0.39 is 12.5 Å². The summed E-state index contributed by atoms with van der Waals surface area (Å²) < 4.78 is 2.17. The maximum absolute atomic E-state index is 11.0. The van der Waals surface area contributed by atoms with Crippen molar-refractivity contribution in [2.45, 2.75) is 27.7 Å². The maximum atomic E-state index is 11.0. The van der Waals surface area contributed by atoms with Crippen molar-refractivity contribution in [3.05, 3.63) is 52.3 Å². The van der Waals surface area contributed by atoms with Crippen LogP contribution in [-0.2, 0) is 4.79 Å². The van der Waals surface area contributed by atoms with Crippen LogP contribution in [0.5, 0.6) is 0 Å². The number of aryl methyl sites for hydroxylation is 3. The minimum Gasteiger partial charge on any atom is -0.386 e. The number of nitrogens with one attached hydrogen (secondary N) is 1. The van der Waals surface area contributed by atoms with E-state index in [1.54, 1.807) is 6.21 Å². The van der Waals surface area contributed by atoms with E-state index in [1.165, 1.54) is 11.1 Å². The summed E-state index contributed by atoms with van der Waals surface area (Å²) in [6.45, 7) is 7.65. The van der Waals surface area contributed by atoms with Crippen LogP contribution in [0.3, 0.4) is 0 Å². The molecule has 116 valence electrons. The number of aliphatic hydroxyl groups excluding tert-OH is 1. The Labute approximate surface area is 130 Å². The molecule has 1 amide bonds. The largest absolute Gasteiger partial charge is 0.386 e. The summed E-state index contributed by atoms with van der Waals surface area (Å²) in [6, 6.07) is 8.38. The van der Waals surface area contributed by atoms with E-state index >= 15 is 0 Å². The van der Waals surface area contributed by atoms with Crippen LogP contribution in [0.4, 0.5) is 0 Å². The first-order valence-corrected chi connectivity index (χ1v) is 7.13. The Kier molecular flexibility index (Phi) is 4.78. The summed E-state index contributed by atoms with van der Waals surface area (Å²) in [5, 5.41) is 12.5. The fourth-order valence-electron chi connectivity index (χ4n) is 2.55. The van der Waals surface area contributed by atoms with Gasteiger partial charge in [0, 0.05) is 22.6 Å². The first kappa shape index (κ1) is 16.0. The standard InChI is InChI=1S/C17H21N3O2/c1-11-5-6-16(12(2)7-11)20-13(3)8-15(14(20)4)9-18-19-17(22)10-21/h5-9,21H,10H2,1-4H3,(H,19,22)/b18-9+. The average molecular weight is 299 g/mol. The molecular formula is C17H21N3O2. The Hall–Kier alpha value is -2.40. The minimum atomic E-state index is -0.571. The Morgan fingerprint density at radius 1 is 1.27 bits per heavy atom. The summed E-state index contributed by atoms with van der Waals surface area (Å²) >= 11 is 0. The van der Waals surface area contributed by atoms with Gasteiger partial charge < -0.3 is 9.67 Å². The lowest BCUT2D eigenvalue weighted by Gasteiger charge is -2.13. The van der Waals surface area contributed by atoms with Gasteiger partial charge in [0.2, 0.25) is 0 Å². The molecule has 2 N–H and O–H groups in total. The summed E-state index contributed by atoms with van der Waals surface area (Å²) in [4.78, 5) is 11.0. The molecule has 5 heteroatoms.